The molecule has 0 saturated carbocycles. The largest absolute Gasteiger partial charge is 0.489 e. The Bertz CT molecular complexity index is 1090. The van der Waals surface area contributed by atoms with E-state index >= 15 is 0 Å². The molecule has 2 aromatic heterocycles. The first-order valence-corrected chi connectivity index (χ1v) is 9.83. The fourth-order valence-electron chi connectivity index (χ4n) is 3.23. The van der Waals surface area contributed by atoms with Crippen molar-refractivity contribution in [3.63, 3.8) is 0 Å². The molecule has 0 aliphatic rings. The molecule has 4 aromatic rings. The number of ether oxygens (including phenoxy) is 1. The van der Waals surface area contributed by atoms with Crippen molar-refractivity contribution >= 4 is 28.4 Å². The first-order valence-electron chi connectivity index (χ1n) is 9.83. The molecule has 4 rings (SSSR count). The molecule has 6 heteroatoms. The summed E-state index contributed by atoms with van der Waals surface area (Å²) in [4.78, 5) is 12.2. The Morgan fingerprint density at radius 1 is 1.03 bits per heavy atom. The van der Waals surface area contributed by atoms with E-state index < -0.39 is 0 Å². The average Bonchev–Trinajstić information content (AvgIpc) is 3.13. The molecule has 0 aliphatic carbocycles. The standard InChI is InChI=1S/C23H25N5O/c1-16(2)29-21-10-6-5-9-20(21)27-22-12-14-25-23(28-22)24-13-11-17-15-26-19-8-4-3-7-18(17)19/h3-10,12,14-16,26H,11,13H2,1-2H3,(H2,24,25,27,28). The van der Waals surface area contributed by atoms with Crippen LogP contribution in [0.2, 0.25) is 0 Å². The van der Waals surface area contributed by atoms with Crippen LogP contribution in [0.25, 0.3) is 10.9 Å². The first kappa shape index (κ1) is 18.8. The van der Waals surface area contributed by atoms with Crippen LogP contribution in [0.15, 0.2) is 67.0 Å². The Balaban J connectivity index is 1.40. The van der Waals surface area contributed by atoms with Gasteiger partial charge in [0.05, 0.1) is 11.8 Å². The number of hydrogen-bond acceptors (Lipinski definition) is 5. The molecule has 0 atom stereocenters. The maximum atomic E-state index is 5.86. The second kappa shape index (κ2) is 8.65. The van der Waals surface area contributed by atoms with Crippen LogP contribution in [-0.4, -0.2) is 27.6 Å². The Kier molecular flexibility index (Phi) is 5.61. The van der Waals surface area contributed by atoms with E-state index in [-0.39, 0.29) is 6.10 Å². The van der Waals surface area contributed by atoms with E-state index in [9.17, 15) is 0 Å². The molecule has 29 heavy (non-hydrogen) atoms. The minimum absolute atomic E-state index is 0.102. The van der Waals surface area contributed by atoms with Gasteiger partial charge in [-0.25, -0.2) is 4.98 Å². The molecule has 0 unspecified atom stereocenters. The summed E-state index contributed by atoms with van der Waals surface area (Å²) in [5.74, 6) is 2.11. The lowest BCUT2D eigenvalue weighted by atomic mass is 10.1. The van der Waals surface area contributed by atoms with Crippen LogP contribution >= 0.6 is 0 Å². The number of rotatable bonds is 8. The zero-order valence-electron chi connectivity index (χ0n) is 16.6. The molecule has 0 fully saturated rings. The highest BCUT2D eigenvalue weighted by Gasteiger charge is 2.07. The van der Waals surface area contributed by atoms with Crippen LogP contribution in [0.5, 0.6) is 5.75 Å². The number of aromatic nitrogens is 3. The van der Waals surface area contributed by atoms with Crippen molar-refractivity contribution in [1.29, 1.82) is 0 Å². The van der Waals surface area contributed by atoms with Crippen molar-refractivity contribution in [3.8, 4) is 5.75 Å². The zero-order valence-corrected chi connectivity index (χ0v) is 16.6. The quantitative estimate of drug-likeness (QED) is 0.390. The summed E-state index contributed by atoms with van der Waals surface area (Å²) in [6.45, 7) is 4.77. The van der Waals surface area contributed by atoms with Gasteiger partial charge in [0.2, 0.25) is 5.95 Å². The predicted octanol–water partition coefficient (Wildman–Crippen LogP) is 5.14. The van der Waals surface area contributed by atoms with Gasteiger partial charge in [-0.1, -0.05) is 30.3 Å². The van der Waals surface area contributed by atoms with Crippen LogP contribution in [0.3, 0.4) is 0 Å². The lowest BCUT2D eigenvalue weighted by molar-refractivity contribution is 0.244. The molecule has 0 radical (unpaired) electrons. The summed E-state index contributed by atoms with van der Waals surface area (Å²) in [7, 11) is 0. The van der Waals surface area contributed by atoms with Gasteiger partial charge in [-0.2, -0.15) is 4.98 Å². The molecule has 0 aliphatic heterocycles. The summed E-state index contributed by atoms with van der Waals surface area (Å²) in [6.07, 6.45) is 4.80. The third kappa shape index (κ3) is 4.66. The van der Waals surface area contributed by atoms with Crippen molar-refractivity contribution in [2.24, 2.45) is 0 Å². The SMILES string of the molecule is CC(C)Oc1ccccc1Nc1ccnc(NCCc2c[nH]c3ccccc23)n1. The van der Waals surface area contributed by atoms with Gasteiger partial charge in [-0.15, -0.1) is 0 Å². The van der Waals surface area contributed by atoms with Crippen molar-refractivity contribution in [3.05, 3.63) is 72.6 Å². The minimum Gasteiger partial charge on any atom is -0.489 e. The van der Waals surface area contributed by atoms with Crippen LogP contribution in [0.4, 0.5) is 17.5 Å². The number of fused-ring (bicyclic) bond motifs is 1. The van der Waals surface area contributed by atoms with E-state index in [1.165, 1.54) is 10.9 Å². The normalized spacial score (nSPS) is 11.0. The fraction of sp³-hybridized carbons (Fsp3) is 0.217. The van der Waals surface area contributed by atoms with Gasteiger partial charge in [0.25, 0.3) is 0 Å². The topological polar surface area (TPSA) is 74.9 Å². The number of aromatic amines is 1. The van der Waals surface area contributed by atoms with E-state index in [4.69, 9.17) is 4.74 Å². The monoisotopic (exact) mass is 387 g/mol. The highest BCUT2D eigenvalue weighted by atomic mass is 16.5. The van der Waals surface area contributed by atoms with Gasteiger partial charge in [-0.05, 0) is 50.1 Å². The zero-order chi connectivity index (χ0) is 20.1. The summed E-state index contributed by atoms with van der Waals surface area (Å²) >= 11 is 0. The molecule has 3 N–H and O–H groups in total. The molecule has 0 saturated heterocycles. The molecule has 6 nitrogen and oxygen atoms in total. The minimum atomic E-state index is 0.102. The molecule has 0 amide bonds. The summed E-state index contributed by atoms with van der Waals surface area (Å²) < 4.78 is 5.86. The highest BCUT2D eigenvalue weighted by Crippen LogP contribution is 2.27. The molecular formula is C23H25N5O. The van der Waals surface area contributed by atoms with E-state index in [0.29, 0.717) is 5.95 Å². The van der Waals surface area contributed by atoms with Gasteiger partial charge in [-0.3, -0.25) is 0 Å². The predicted molar refractivity (Wildman–Crippen MR) is 118 cm³/mol. The van der Waals surface area contributed by atoms with E-state index in [0.717, 1.165) is 35.7 Å². The lowest BCUT2D eigenvalue weighted by Gasteiger charge is -2.15. The Hall–Kier alpha value is -3.54. The Morgan fingerprint density at radius 2 is 1.86 bits per heavy atom. The number of hydrogen-bond donors (Lipinski definition) is 3. The molecule has 2 aromatic carbocycles. The van der Waals surface area contributed by atoms with Crippen molar-refractivity contribution < 1.29 is 4.74 Å². The second-order valence-corrected chi connectivity index (χ2v) is 7.09. The Labute approximate surface area is 170 Å². The number of H-pyrrole nitrogens is 1. The summed E-state index contributed by atoms with van der Waals surface area (Å²) in [5.41, 5.74) is 3.32. The second-order valence-electron chi connectivity index (χ2n) is 7.09. The van der Waals surface area contributed by atoms with Crippen molar-refractivity contribution in [1.82, 2.24) is 15.0 Å². The van der Waals surface area contributed by atoms with Crippen LogP contribution < -0.4 is 15.4 Å². The lowest BCUT2D eigenvalue weighted by Crippen LogP contribution is -2.09. The third-order valence-corrected chi connectivity index (χ3v) is 4.52. The van der Waals surface area contributed by atoms with Gasteiger partial charge in [0.15, 0.2) is 0 Å². The summed E-state index contributed by atoms with van der Waals surface area (Å²) in [6, 6.07) is 18.0. The number of benzene rings is 2. The first-order chi connectivity index (χ1) is 14.2. The van der Waals surface area contributed by atoms with Crippen molar-refractivity contribution in [2.45, 2.75) is 26.4 Å². The van der Waals surface area contributed by atoms with Crippen LogP contribution in [0, 0.1) is 0 Å². The highest BCUT2D eigenvalue weighted by molar-refractivity contribution is 5.83. The van der Waals surface area contributed by atoms with Gasteiger partial charge < -0.3 is 20.4 Å². The van der Waals surface area contributed by atoms with Crippen LogP contribution in [0.1, 0.15) is 19.4 Å². The number of para-hydroxylation sites is 3. The van der Waals surface area contributed by atoms with E-state index in [2.05, 4.69) is 50.0 Å². The average molecular weight is 387 g/mol. The van der Waals surface area contributed by atoms with Gasteiger partial charge in [0.1, 0.15) is 11.6 Å². The van der Waals surface area contributed by atoms with E-state index in [1.807, 2.05) is 50.2 Å². The number of nitrogens with one attached hydrogen (secondary N) is 3. The summed E-state index contributed by atoms with van der Waals surface area (Å²) in [5, 5.41) is 7.90. The van der Waals surface area contributed by atoms with E-state index in [1.54, 1.807) is 6.20 Å². The fourth-order valence-corrected chi connectivity index (χ4v) is 3.23. The number of anilines is 3. The maximum Gasteiger partial charge on any atom is 0.224 e. The van der Waals surface area contributed by atoms with Gasteiger partial charge in [0, 0.05) is 29.8 Å². The van der Waals surface area contributed by atoms with Crippen molar-refractivity contribution in [2.75, 3.05) is 17.2 Å². The number of nitrogens with zero attached hydrogens (tertiary/aromatic N) is 2. The maximum absolute atomic E-state index is 5.86. The molecule has 148 valence electrons. The van der Waals surface area contributed by atoms with Gasteiger partial charge >= 0.3 is 0 Å². The van der Waals surface area contributed by atoms with Crippen LogP contribution in [-0.2, 0) is 6.42 Å². The molecule has 0 bridgehead atoms. The smallest absolute Gasteiger partial charge is 0.224 e. The molecule has 0 spiro atoms. The third-order valence-electron chi connectivity index (χ3n) is 4.52. The molecule has 2 heterocycles. The Morgan fingerprint density at radius 3 is 2.76 bits per heavy atom. The molecular weight excluding hydrogens is 362 g/mol.